The summed E-state index contributed by atoms with van der Waals surface area (Å²) >= 11 is 0. The van der Waals surface area contributed by atoms with E-state index in [2.05, 4.69) is 0 Å². The number of carbonyl (C=O) groups is 6. The molecule has 10 rings (SSSR count). The fourth-order valence-corrected chi connectivity index (χ4v) is 8.73. The monoisotopic (exact) mass is 1090 g/mol. The number of phenolic OH excluding ortho intramolecular Hbond substituents is 16. The van der Waals surface area contributed by atoms with E-state index in [1.807, 2.05) is 0 Å². The lowest BCUT2D eigenvalue weighted by Gasteiger charge is -2.44. The lowest BCUT2D eigenvalue weighted by molar-refractivity contribution is -0.282. The molecule has 0 unspecified atom stereocenters. The van der Waals surface area contributed by atoms with E-state index in [-0.39, 0.29) is 0 Å². The van der Waals surface area contributed by atoms with Crippen molar-refractivity contribution >= 4 is 35.8 Å². The van der Waals surface area contributed by atoms with Crippen LogP contribution in [0.1, 0.15) is 62.1 Å². The number of carbonyl (C=O) groups excluding carboxylic acids is 6. The summed E-state index contributed by atoms with van der Waals surface area (Å²) < 4.78 is 45.0. The van der Waals surface area contributed by atoms with Gasteiger partial charge in [-0.3, -0.25) is 0 Å². The largest absolute Gasteiger partial charge is 0.504 e. The molecule has 6 aromatic carbocycles. The van der Waals surface area contributed by atoms with Gasteiger partial charge in [-0.15, -0.1) is 0 Å². The molecule has 30 heteroatoms. The standard InChI is InChI=1S/C48H30O30/c49-15-1-9(2-16(50)27(15)55)42(65)78-48-41-40(76-45(68)10-3-17(51)28(56)32(60)23(10)24-11(46(69)77-41)4-18(52)29(57)33(24)61)39-22(73-48)8-71-43(66)13-7-21-38(74-47(70)14-6-20(54)31(59)36(64)37(14)72-21)35(63)26(13)25-12(44(67)75-39)5-19(53)30(58)34(25)62/h1-7,22,39-41,48-64H,8H2/t22-,39-,40+,41-,48+/m1/s1. The molecule has 0 amide bonds. The highest BCUT2D eigenvalue weighted by atomic mass is 16.7. The van der Waals surface area contributed by atoms with Crippen LogP contribution in [0.5, 0.6) is 109 Å². The molecule has 6 aromatic rings. The first-order valence-electron chi connectivity index (χ1n) is 21.6. The average Bonchev–Trinajstić information content (AvgIpc) is 3.58. The van der Waals surface area contributed by atoms with Gasteiger partial charge in [-0.2, -0.15) is 0 Å². The van der Waals surface area contributed by atoms with Gasteiger partial charge in [0, 0.05) is 34.4 Å². The van der Waals surface area contributed by atoms with E-state index in [9.17, 15) is 110 Å². The van der Waals surface area contributed by atoms with Gasteiger partial charge in [0.2, 0.25) is 46.9 Å². The van der Waals surface area contributed by atoms with Crippen LogP contribution in [0.2, 0.25) is 0 Å². The highest BCUT2D eigenvalue weighted by Gasteiger charge is 2.56. The van der Waals surface area contributed by atoms with Crippen LogP contribution in [0.15, 0.2) is 42.5 Å². The zero-order chi connectivity index (χ0) is 56.4. The molecule has 1 saturated heterocycles. The Balaban J connectivity index is 1.18. The first-order chi connectivity index (χ1) is 36.8. The number of phenols is 16. The predicted octanol–water partition coefficient (Wildman–Crippen LogP) is 2.68. The second kappa shape index (κ2) is 17.7. The zero-order valence-corrected chi connectivity index (χ0v) is 38.0. The number of hydrogen-bond acceptors (Lipinski definition) is 30. The van der Waals surface area contributed by atoms with Gasteiger partial charge in [0.05, 0.1) is 27.8 Å². The van der Waals surface area contributed by atoms with E-state index in [4.69, 9.17) is 37.9 Å². The molecule has 0 bridgehead atoms. The van der Waals surface area contributed by atoms with E-state index in [0.29, 0.717) is 42.5 Å². The van der Waals surface area contributed by atoms with E-state index in [1.165, 1.54) is 0 Å². The summed E-state index contributed by atoms with van der Waals surface area (Å²) in [5.74, 6) is -34.5. The number of ether oxygens (including phenoxy) is 8. The Hall–Kier alpha value is -11.3. The lowest BCUT2D eigenvalue weighted by Crippen LogP contribution is -2.63. The minimum absolute atomic E-state index is 0.370. The number of hydrogen-bond donors (Lipinski definition) is 16. The number of fused-ring (bicyclic) bond motifs is 11. The van der Waals surface area contributed by atoms with Crippen molar-refractivity contribution in [3.63, 3.8) is 0 Å². The molecule has 30 nitrogen and oxygen atoms in total. The highest BCUT2D eigenvalue weighted by molar-refractivity contribution is 6.11. The van der Waals surface area contributed by atoms with Crippen LogP contribution in [0.4, 0.5) is 0 Å². The number of cyclic esters (lactones) is 1. The summed E-state index contributed by atoms with van der Waals surface area (Å²) in [6.45, 7) is -1.35. The summed E-state index contributed by atoms with van der Waals surface area (Å²) in [7, 11) is 0. The molecular weight excluding hydrogens is 1060 g/mol. The fourth-order valence-electron chi connectivity index (χ4n) is 8.73. The maximum Gasteiger partial charge on any atom is 0.347 e. The molecule has 402 valence electrons. The Morgan fingerprint density at radius 2 is 0.808 bits per heavy atom. The third kappa shape index (κ3) is 7.61. The van der Waals surface area contributed by atoms with Crippen molar-refractivity contribution < 1.29 is 148 Å². The molecule has 5 atom stereocenters. The van der Waals surface area contributed by atoms with E-state index in [1.54, 1.807) is 0 Å². The minimum Gasteiger partial charge on any atom is -0.504 e. The quantitative estimate of drug-likeness (QED) is 0.0513. The summed E-state index contributed by atoms with van der Waals surface area (Å²) in [4.78, 5) is 85.8. The SMILES string of the molecule is O=C(O[C@@H]1O[C@@H]2COC(=O)c3cc4c(c(O)c3-c3c(cc(O)c(O)c3O)C(=O)O[C@H]2[C@@H]2OC(=O)c3cc(O)c(O)c(O)c3-c3c(cc(O)c(O)c3O)C(=O)O[C@@H]12)OC(=O)c1cc(O)c(O)c(O)c1O4)c1cc(O)c(O)c(O)c1. The Morgan fingerprint density at radius 3 is 1.31 bits per heavy atom. The third-order valence-corrected chi connectivity index (χ3v) is 12.4. The van der Waals surface area contributed by atoms with Crippen molar-refractivity contribution in [1.82, 2.24) is 0 Å². The van der Waals surface area contributed by atoms with Crippen LogP contribution in [0, 0.1) is 0 Å². The highest BCUT2D eigenvalue weighted by Crippen LogP contribution is 2.58. The van der Waals surface area contributed by atoms with Crippen LogP contribution >= 0.6 is 0 Å². The minimum atomic E-state index is -2.61. The Bertz CT molecular complexity index is 3720. The number of esters is 6. The molecule has 0 aromatic heterocycles. The molecule has 4 aliphatic heterocycles. The first kappa shape index (κ1) is 50.2. The summed E-state index contributed by atoms with van der Waals surface area (Å²) in [5.41, 5.74) is -10.6. The van der Waals surface area contributed by atoms with E-state index < -0.39 is 238 Å². The molecular formula is C48H30O30. The van der Waals surface area contributed by atoms with Crippen molar-refractivity contribution in [2.75, 3.05) is 6.61 Å². The number of aromatic hydroxyl groups is 16. The topological polar surface area (TPSA) is 500 Å². The summed E-state index contributed by atoms with van der Waals surface area (Å²) in [5, 5.41) is 171. The second-order valence-electron chi connectivity index (χ2n) is 17.0. The van der Waals surface area contributed by atoms with Gasteiger partial charge >= 0.3 is 35.8 Å². The van der Waals surface area contributed by atoms with Crippen LogP contribution in [0.3, 0.4) is 0 Å². The lowest BCUT2D eigenvalue weighted by atomic mass is 9.91. The van der Waals surface area contributed by atoms with E-state index >= 15 is 0 Å². The van der Waals surface area contributed by atoms with Gasteiger partial charge in [-0.05, 0) is 30.3 Å². The van der Waals surface area contributed by atoms with Gasteiger partial charge in [0.25, 0.3) is 0 Å². The van der Waals surface area contributed by atoms with E-state index in [0.717, 1.165) is 0 Å². The number of rotatable bonds is 2. The summed E-state index contributed by atoms with van der Waals surface area (Å²) in [6.07, 6.45) is -12.6. The second-order valence-corrected chi connectivity index (χ2v) is 17.0. The maximum atomic E-state index is 14.8. The first-order valence-corrected chi connectivity index (χ1v) is 21.6. The van der Waals surface area contributed by atoms with Gasteiger partial charge in [0.15, 0.2) is 87.0 Å². The van der Waals surface area contributed by atoms with Crippen molar-refractivity contribution in [3.8, 4) is 131 Å². The molecule has 1 fully saturated rings. The van der Waals surface area contributed by atoms with Crippen molar-refractivity contribution in [1.29, 1.82) is 0 Å². The van der Waals surface area contributed by atoms with Gasteiger partial charge in [-0.1, -0.05) is 0 Å². The third-order valence-electron chi connectivity index (χ3n) is 12.4. The van der Waals surface area contributed by atoms with Crippen molar-refractivity contribution in [2.24, 2.45) is 0 Å². The van der Waals surface area contributed by atoms with Crippen LogP contribution in [0.25, 0.3) is 22.3 Å². The molecule has 0 saturated carbocycles. The van der Waals surface area contributed by atoms with Gasteiger partial charge in [0.1, 0.15) is 18.3 Å². The molecule has 78 heavy (non-hydrogen) atoms. The average molecular weight is 1090 g/mol. The molecule has 4 heterocycles. The number of benzene rings is 6. The van der Waals surface area contributed by atoms with Crippen LogP contribution in [-0.2, 0) is 28.4 Å². The molecule has 0 aliphatic carbocycles. The Morgan fingerprint density at radius 1 is 0.397 bits per heavy atom. The van der Waals surface area contributed by atoms with Crippen molar-refractivity contribution in [2.45, 2.75) is 30.7 Å². The van der Waals surface area contributed by atoms with Crippen LogP contribution < -0.4 is 9.47 Å². The molecule has 0 radical (unpaired) electrons. The Labute approximate surface area is 428 Å². The van der Waals surface area contributed by atoms with Gasteiger partial charge in [-0.25, -0.2) is 28.8 Å². The van der Waals surface area contributed by atoms with Crippen LogP contribution in [-0.4, -0.2) is 155 Å². The normalized spacial score (nSPS) is 19.4. The zero-order valence-electron chi connectivity index (χ0n) is 38.0. The smallest absolute Gasteiger partial charge is 0.347 e. The molecule has 0 spiro atoms. The fraction of sp³-hybridized carbons (Fsp3) is 0.125. The van der Waals surface area contributed by atoms with Crippen molar-refractivity contribution in [3.05, 3.63) is 75.8 Å². The predicted molar refractivity (Wildman–Crippen MR) is 240 cm³/mol. The molecule has 16 N–H and O–H groups in total. The Kier molecular flexibility index (Phi) is 11.4. The molecule has 4 aliphatic rings. The summed E-state index contributed by atoms with van der Waals surface area (Å²) in [6, 6.07) is 3.39. The van der Waals surface area contributed by atoms with Gasteiger partial charge < -0.3 is 120 Å². The maximum absolute atomic E-state index is 14.8.